The highest BCUT2D eigenvalue weighted by Crippen LogP contribution is 2.58. The van der Waals surface area contributed by atoms with Crippen molar-refractivity contribution in [3.8, 4) is 0 Å². The zero-order valence-electron chi connectivity index (χ0n) is 16.1. The second kappa shape index (κ2) is 6.83. The van der Waals surface area contributed by atoms with Crippen molar-refractivity contribution in [1.29, 1.82) is 0 Å². The molecule has 1 heterocycles. The van der Waals surface area contributed by atoms with Gasteiger partial charge in [0, 0.05) is 0 Å². The van der Waals surface area contributed by atoms with E-state index >= 15 is 0 Å². The van der Waals surface area contributed by atoms with E-state index in [1.54, 1.807) is 16.4 Å². The maximum Gasteiger partial charge on any atom is 0.244 e. The summed E-state index contributed by atoms with van der Waals surface area (Å²) in [6, 6.07) is 30.9. The van der Waals surface area contributed by atoms with Gasteiger partial charge in [0.2, 0.25) is 10.0 Å². The molecule has 5 rings (SSSR count). The summed E-state index contributed by atoms with van der Waals surface area (Å²) in [7, 11) is -3.61. The van der Waals surface area contributed by atoms with Crippen molar-refractivity contribution in [1.82, 2.24) is 4.31 Å². The normalized spacial score (nSPS) is 21.2. The van der Waals surface area contributed by atoms with E-state index in [2.05, 4.69) is 18.2 Å². The van der Waals surface area contributed by atoms with Gasteiger partial charge in [-0.15, -0.1) is 0 Å². The quantitative estimate of drug-likeness (QED) is 0.417. The molecule has 3 nitrogen and oxygen atoms in total. The van der Waals surface area contributed by atoms with Crippen molar-refractivity contribution in [3.63, 3.8) is 0 Å². The third-order valence-electron chi connectivity index (χ3n) is 5.64. The van der Waals surface area contributed by atoms with E-state index in [0.29, 0.717) is 4.90 Å². The van der Waals surface area contributed by atoms with Gasteiger partial charge in [-0.25, -0.2) is 8.42 Å². The zero-order valence-corrected chi connectivity index (χ0v) is 16.9. The summed E-state index contributed by atoms with van der Waals surface area (Å²) in [6.07, 6.45) is 0. The van der Waals surface area contributed by atoms with E-state index in [1.165, 1.54) is 0 Å². The van der Waals surface area contributed by atoms with Crippen LogP contribution < -0.4 is 0 Å². The Bertz CT molecular complexity index is 1280. The molecular formula is C25H21NO2S. The minimum Gasteiger partial charge on any atom is -0.207 e. The predicted octanol–water partition coefficient (Wildman–Crippen LogP) is 5.64. The summed E-state index contributed by atoms with van der Waals surface area (Å²) in [5, 5.41) is 2.22. The summed E-state index contributed by atoms with van der Waals surface area (Å²) in [5.41, 5.74) is 3.11. The molecule has 144 valence electrons. The van der Waals surface area contributed by atoms with Crippen LogP contribution in [0.15, 0.2) is 102 Å². The molecule has 1 unspecified atom stereocenters. The standard InChI is InChI=1S/C25H21NO2S/c1-18-14-16-21(17-15-18)29(27,28)26-24(20-9-3-2-4-10-20)25(26)23-13-7-11-19-8-5-6-12-22(19)23/h2-17,24-25H,1H3/t24-,25+,26?/m1/s1. The van der Waals surface area contributed by atoms with Gasteiger partial charge >= 0.3 is 0 Å². The molecule has 1 aliphatic heterocycles. The van der Waals surface area contributed by atoms with E-state index in [9.17, 15) is 8.42 Å². The summed E-state index contributed by atoms with van der Waals surface area (Å²) in [4.78, 5) is 0.340. The third kappa shape index (κ3) is 3.05. The number of fused-ring (bicyclic) bond motifs is 1. The van der Waals surface area contributed by atoms with Crippen LogP contribution in [0.5, 0.6) is 0 Å². The van der Waals surface area contributed by atoms with Crippen LogP contribution in [0.2, 0.25) is 0 Å². The molecule has 0 amide bonds. The predicted molar refractivity (Wildman–Crippen MR) is 116 cm³/mol. The highest BCUT2D eigenvalue weighted by atomic mass is 32.2. The van der Waals surface area contributed by atoms with Gasteiger partial charge in [-0.1, -0.05) is 90.5 Å². The Morgan fingerprint density at radius 3 is 2.10 bits per heavy atom. The van der Waals surface area contributed by atoms with Crippen molar-refractivity contribution in [2.75, 3.05) is 0 Å². The van der Waals surface area contributed by atoms with E-state index in [-0.39, 0.29) is 12.1 Å². The lowest BCUT2D eigenvalue weighted by Gasteiger charge is -2.09. The zero-order chi connectivity index (χ0) is 20.0. The lowest BCUT2D eigenvalue weighted by atomic mass is 9.99. The number of hydrogen-bond acceptors (Lipinski definition) is 2. The first-order chi connectivity index (χ1) is 14.1. The van der Waals surface area contributed by atoms with Crippen LogP contribution in [0, 0.1) is 6.92 Å². The summed E-state index contributed by atoms with van der Waals surface area (Å²) in [6.45, 7) is 1.96. The van der Waals surface area contributed by atoms with E-state index in [1.807, 2.05) is 73.7 Å². The highest BCUT2D eigenvalue weighted by Gasteiger charge is 2.57. The van der Waals surface area contributed by atoms with Gasteiger partial charge in [0.1, 0.15) is 0 Å². The average molecular weight is 400 g/mol. The van der Waals surface area contributed by atoms with Crippen LogP contribution in [0.3, 0.4) is 0 Å². The smallest absolute Gasteiger partial charge is 0.207 e. The second-order valence-electron chi connectivity index (χ2n) is 7.52. The molecule has 0 aromatic heterocycles. The number of nitrogens with zero attached hydrogens (tertiary/aromatic N) is 1. The Kier molecular flexibility index (Phi) is 4.26. The monoisotopic (exact) mass is 399 g/mol. The number of sulfonamides is 1. The Hall–Kier alpha value is -2.95. The number of aryl methyl sites for hydroxylation is 1. The minimum atomic E-state index is -3.61. The van der Waals surface area contributed by atoms with Gasteiger partial charge in [0.05, 0.1) is 17.0 Å². The lowest BCUT2D eigenvalue weighted by Crippen LogP contribution is -2.13. The summed E-state index contributed by atoms with van der Waals surface area (Å²) >= 11 is 0. The summed E-state index contributed by atoms with van der Waals surface area (Å²) in [5.74, 6) is 0. The van der Waals surface area contributed by atoms with Crippen LogP contribution in [0.1, 0.15) is 28.8 Å². The van der Waals surface area contributed by atoms with Gasteiger partial charge in [0.25, 0.3) is 0 Å². The molecule has 0 radical (unpaired) electrons. The topological polar surface area (TPSA) is 37.1 Å². The molecule has 0 bridgehead atoms. The van der Waals surface area contributed by atoms with E-state index in [4.69, 9.17) is 0 Å². The molecule has 4 aromatic carbocycles. The molecule has 1 saturated heterocycles. The van der Waals surface area contributed by atoms with Crippen LogP contribution >= 0.6 is 0 Å². The van der Waals surface area contributed by atoms with Gasteiger partial charge in [-0.05, 0) is 41.0 Å². The SMILES string of the molecule is Cc1ccc(S(=O)(=O)N2[C@H](c3ccccc3)[C@@H]2c2cccc3ccccc23)cc1. The van der Waals surface area contributed by atoms with Crippen molar-refractivity contribution in [2.45, 2.75) is 23.9 Å². The Balaban J connectivity index is 1.65. The molecule has 1 aliphatic rings. The van der Waals surface area contributed by atoms with E-state index < -0.39 is 10.0 Å². The first-order valence-electron chi connectivity index (χ1n) is 9.70. The maximum absolute atomic E-state index is 13.5. The third-order valence-corrected chi connectivity index (χ3v) is 7.51. The fourth-order valence-corrected chi connectivity index (χ4v) is 5.87. The Morgan fingerprint density at radius 1 is 0.690 bits per heavy atom. The van der Waals surface area contributed by atoms with Gasteiger partial charge < -0.3 is 0 Å². The van der Waals surface area contributed by atoms with Gasteiger partial charge in [-0.2, -0.15) is 4.31 Å². The molecule has 29 heavy (non-hydrogen) atoms. The maximum atomic E-state index is 13.5. The molecule has 4 heteroatoms. The Labute approximate surface area is 171 Å². The number of benzene rings is 4. The Morgan fingerprint density at radius 2 is 1.34 bits per heavy atom. The minimum absolute atomic E-state index is 0.201. The van der Waals surface area contributed by atoms with Crippen molar-refractivity contribution in [3.05, 3.63) is 114 Å². The largest absolute Gasteiger partial charge is 0.244 e. The van der Waals surface area contributed by atoms with Crippen molar-refractivity contribution < 1.29 is 8.42 Å². The fourth-order valence-electron chi connectivity index (χ4n) is 4.14. The lowest BCUT2D eigenvalue weighted by molar-refractivity contribution is 0.547. The van der Waals surface area contributed by atoms with Crippen molar-refractivity contribution in [2.24, 2.45) is 0 Å². The molecule has 4 aromatic rings. The van der Waals surface area contributed by atoms with Crippen molar-refractivity contribution >= 4 is 20.8 Å². The van der Waals surface area contributed by atoms with Gasteiger partial charge in [-0.3, -0.25) is 0 Å². The molecule has 0 saturated carbocycles. The number of hydrogen-bond donors (Lipinski definition) is 0. The van der Waals surface area contributed by atoms with Gasteiger partial charge in [0.15, 0.2) is 0 Å². The molecule has 3 atom stereocenters. The van der Waals surface area contributed by atoms with Crippen LogP contribution in [0.4, 0.5) is 0 Å². The van der Waals surface area contributed by atoms with Crippen LogP contribution in [-0.2, 0) is 10.0 Å². The summed E-state index contributed by atoms with van der Waals surface area (Å²) < 4.78 is 28.7. The highest BCUT2D eigenvalue weighted by molar-refractivity contribution is 7.89. The van der Waals surface area contributed by atoms with Crippen LogP contribution in [-0.4, -0.2) is 12.7 Å². The second-order valence-corrected chi connectivity index (χ2v) is 9.36. The first-order valence-corrected chi connectivity index (χ1v) is 11.1. The molecular weight excluding hydrogens is 378 g/mol. The van der Waals surface area contributed by atoms with E-state index in [0.717, 1.165) is 27.5 Å². The average Bonchev–Trinajstić information content (AvgIpc) is 3.51. The molecule has 0 spiro atoms. The molecule has 0 N–H and O–H groups in total. The molecule has 0 aliphatic carbocycles. The van der Waals surface area contributed by atoms with Crippen LogP contribution in [0.25, 0.3) is 10.8 Å². The molecule has 1 fully saturated rings. The fraction of sp³-hybridized carbons (Fsp3) is 0.120. The first kappa shape index (κ1) is 18.1. The number of rotatable bonds is 4.